The summed E-state index contributed by atoms with van der Waals surface area (Å²) in [5.41, 5.74) is -3.28. The van der Waals surface area contributed by atoms with E-state index in [2.05, 4.69) is 0 Å². The van der Waals surface area contributed by atoms with E-state index >= 15 is 0 Å². The number of benzene rings is 2. The van der Waals surface area contributed by atoms with Crippen molar-refractivity contribution in [3.63, 3.8) is 0 Å². The van der Waals surface area contributed by atoms with Gasteiger partial charge in [0.2, 0.25) is 0 Å². The molecule has 12 heteroatoms. The van der Waals surface area contributed by atoms with Crippen molar-refractivity contribution < 1.29 is 37.3 Å². The Hall–Kier alpha value is -3.27. The molecule has 0 bridgehead atoms. The molecule has 0 unspecified atom stereocenters. The molecule has 0 radical (unpaired) electrons. The average molecular weight is 483 g/mol. The number of thiocarbonyl (C=S) groups is 1. The predicted octanol–water partition coefficient (Wildman–Crippen LogP) is 3.32. The molecule has 174 valence electrons. The van der Waals surface area contributed by atoms with Crippen molar-refractivity contribution in [1.82, 2.24) is 0 Å². The summed E-state index contributed by atoms with van der Waals surface area (Å²) < 4.78 is 59.6. The zero-order valence-corrected chi connectivity index (χ0v) is 18.0. The molecule has 1 fully saturated rings. The molecule has 1 amide bonds. The zero-order valence-electron chi connectivity index (χ0n) is 17.2. The van der Waals surface area contributed by atoms with Gasteiger partial charge in [-0.3, -0.25) is 9.69 Å². The number of anilines is 2. The first-order chi connectivity index (χ1) is 15.3. The third-order valence-corrected chi connectivity index (χ3v) is 5.28. The number of nitriles is 1. The van der Waals surface area contributed by atoms with E-state index in [1.54, 1.807) is 0 Å². The minimum Gasteiger partial charge on any atom is -0.485 e. The van der Waals surface area contributed by atoms with Crippen LogP contribution in [-0.2, 0) is 11.0 Å². The van der Waals surface area contributed by atoms with Crippen molar-refractivity contribution in [2.45, 2.75) is 31.9 Å². The van der Waals surface area contributed by atoms with Crippen LogP contribution in [-0.4, -0.2) is 39.7 Å². The Labute approximate surface area is 191 Å². The predicted molar refractivity (Wildman–Crippen MR) is 113 cm³/mol. The molecular formula is C21H17F4N3O4S. The van der Waals surface area contributed by atoms with Crippen LogP contribution in [0.2, 0.25) is 0 Å². The van der Waals surface area contributed by atoms with E-state index < -0.39 is 47.5 Å². The van der Waals surface area contributed by atoms with E-state index in [4.69, 9.17) is 32.4 Å². The molecule has 0 saturated carbocycles. The second-order valence-electron chi connectivity index (χ2n) is 7.56. The summed E-state index contributed by atoms with van der Waals surface area (Å²) in [6, 6.07) is 7.83. The fourth-order valence-electron chi connectivity index (χ4n) is 3.37. The number of nitrogens with zero attached hydrogens (tertiary/aromatic N) is 3. The third kappa shape index (κ3) is 4.47. The number of carbonyl (C=O) groups excluding carboxylic acids is 1. The van der Waals surface area contributed by atoms with Gasteiger partial charge in [-0.05, 0) is 56.4 Å². The van der Waals surface area contributed by atoms with Crippen LogP contribution in [0.5, 0.6) is 5.75 Å². The average Bonchev–Trinajstić information content (AvgIpc) is 2.89. The lowest BCUT2D eigenvalue weighted by atomic mass is 10.0. The molecule has 1 aliphatic heterocycles. The Kier molecular flexibility index (Phi) is 6.34. The van der Waals surface area contributed by atoms with Gasteiger partial charge in [0.25, 0.3) is 5.91 Å². The summed E-state index contributed by atoms with van der Waals surface area (Å²) in [4.78, 5) is 15.3. The van der Waals surface area contributed by atoms with E-state index in [1.807, 2.05) is 0 Å². The van der Waals surface area contributed by atoms with Crippen LogP contribution in [0.1, 0.15) is 25.0 Å². The van der Waals surface area contributed by atoms with Gasteiger partial charge in [0.15, 0.2) is 23.0 Å². The number of amides is 1. The van der Waals surface area contributed by atoms with E-state index in [0.717, 1.165) is 17.0 Å². The van der Waals surface area contributed by atoms with Gasteiger partial charge in [0, 0.05) is 11.8 Å². The largest absolute Gasteiger partial charge is 0.485 e. The first kappa shape index (κ1) is 24.4. The summed E-state index contributed by atoms with van der Waals surface area (Å²) in [5, 5.41) is 26.5. The lowest BCUT2D eigenvalue weighted by Gasteiger charge is -2.29. The van der Waals surface area contributed by atoms with Crippen LogP contribution in [0.3, 0.4) is 0 Å². The number of halogens is 4. The van der Waals surface area contributed by atoms with Gasteiger partial charge in [0.05, 0.1) is 22.9 Å². The Balaban J connectivity index is 2.02. The quantitative estimate of drug-likeness (QED) is 0.383. The maximum absolute atomic E-state index is 14.5. The minimum absolute atomic E-state index is 0.125. The Bertz CT molecular complexity index is 1160. The van der Waals surface area contributed by atoms with Gasteiger partial charge in [-0.25, -0.2) is 4.39 Å². The van der Waals surface area contributed by atoms with E-state index in [0.29, 0.717) is 6.07 Å². The topological polar surface area (TPSA) is 97.0 Å². The molecule has 7 nitrogen and oxygen atoms in total. The summed E-state index contributed by atoms with van der Waals surface area (Å²) in [6.45, 7) is 2.37. The van der Waals surface area contributed by atoms with Crippen molar-refractivity contribution >= 4 is 34.6 Å². The summed E-state index contributed by atoms with van der Waals surface area (Å²) in [6.07, 6.45) is -6.64. The highest BCUT2D eigenvalue weighted by Gasteiger charge is 2.50. The smallest absolute Gasteiger partial charge is 0.417 e. The number of ether oxygens (including phenoxy) is 1. The van der Waals surface area contributed by atoms with E-state index in [-0.39, 0.29) is 22.2 Å². The standard InChI is InChI=1S/C21H17F4N3O4S/c1-20(2)18(31)27(12-4-3-11(9-26)14(7-12)21(23,24)25)19(33)28(20)13-5-6-16(15(22)8-13)32-10-17(29)30/h3-8,17,29-30H,10H2,1-2H3. The van der Waals surface area contributed by atoms with Crippen molar-refractivity contribution in [1.29, 1.82) is 5.26 Å². The summed E-state index contributed by atoms with van der Waals surface area (Å²) in [5.74, 6) is -1.82. The van der Waals surface area contributed by atoms with Crippen LogP contribution < -0.4 is 14.5 Å². The zero-order chi connectivity index (χ0) is 24.7. The molecule has 0 aliphatic carbocycles. The monoisotopic (exact) mass is 483 g/mol. The van der Waals surface area contributed by atoms with Crippen LogP contribution in [0, 0.1) is 17.1 Å². The normalized spacial score (nSPS) is 15.9. The van der Waals surface area contributed by atoms with Gasteiger partial charge >= 0.3 is 6.18 Å². The molecule has 1 saturated heterocycles. The molecule has 2 aromatic rings. The van der Waals surface area contributed by atoms with Gasteiger partial charge in [-0.15, -0.1) is 0 Å². The number of hydrogen-bond acceptors (Lipinski definition) is 6. The molecule has 2 N–H and O–H groups in total. The van der Waals surface area contributed by atoms with Crippen LogP contribution in [0.25, 0.3) is 0 Å². The number of aliphatic hydroxyl groups excluding tert-OH is 1. The molecule has 33 heavy (non-hydrogen) atoms. The lowest BCUT2D eigenvalue weighted by Crippen LogP contribution is -2.44. The maximum Gasteiger partial charge on any atom is 0.417 e. The van der Waals surface area contributed by atoms with Crippen molar-refractivity contribution in [2.24, 2.45) is 0 Å². The van der Waals surface area contributed by atoms with Crippen LogP contribution in [0.15, 0.2) is 36.4 Å². The molecule has 0 atom stereocenters. The number of hydrogen-bond donors (Lipinski definition) is 2. The highest BCUT2D eigenvalue weighted by molar-refractivity contribution is 7.81. The second kappa shape index (κ2) is 8.58. The highest BCUT2D eigenvalue weighted by atomic mass is 32.1. The third-order valence-electron chi connectivity index (χ3n) is 4.92. The van der Waals surface area contributed by atoms with Gasteiger partial charge in [-0.1, -0.05) is 0 Å². The van der Waals surface area contributed by atoms with Crippen molar-refractivity contribution in [3.8, 4) is 11.8 Å². The first-order valence-corrected chi connectivity index (χ1v) is 9.78. The molecule has 1 heterocycles. The molecule has 0 spiro atoms. The number of rotatable bonds is 5. The van der Waals surface area contributed by atoms with E-state index in [9.17, 15) is 22.4 Å². The minimum atomic E-state index is -4.83. The maximum atomic E-state index is 14.5. The molecule has 3 rings (SSSR count). The fraction of sp³-hybridized carbons (Fsp3) is 0.286. The van der Waals surface area contributed by atoms with Crippen LogP contribution in [0.4, 0.5) is 28.9 Å². The summed E-state index contributed by atoms with van der Waals surface area (Å²) in [7, 11) is 0. The second-order valence-corrected chi connectivity index (χ2v) is 7.93. The van der Waals surface area contributed by atoms with E-state index in [1.165, 1.54) is 43.0 Å². The number of alkyl halides is 3. The van der Waals surface area contributed by atoms with Gasteiger partial charge in [-0.2, -0.15) is 18.4 Å². The number of carbonyl (C=O) groups is 1. The fourth-order valence-corrected chi connectivity index (χ4v) is 3.89. The highest BCUT2D eigenvalue weighted by Crippen LogP contribution is 2.40. The molecule has 2 aromatic carbocycles. The molecule has 0 aromatic heterocycles. The Morgan fingerprint density at radius 3 is 2.36 bits per heavy atom. The first-order valence-electron chi connectivity index (χ1n) is 9.37. The van der Waals surface area contributed by atoms with Crippen LogP contribution >= 0.6 is 12.2 Å². The SMILES string of the molecule is CC1(C)C(=O)N(c2ccc(C#N)c(C(F)(F)F)c2)C(=S)N1c1ccc(OCC(O)O)c(F)c1. The van der Waals surface area contributed by atoms with Crippen molar-refractivity contribution in [3.05, 3.63) is 53.3 Å². The Morgan fingerprint density at radius 2 is 1.82 bits per heavy atom. The molecule has 1 aliphatic rings. The summed E-state index contributed by atoms with van der Waals surface area (Å²) >= 11 is 5.38. The van der Waals surface area contributed by atoms with Gasteiger partial charge < -0.3 is 19.8 Å². The molecular weight excluding hydrogens is 466 g/mol. The number of aliphatic hydroxyl groups is 2. The van der Waals surface area contributed by atoms with Gasteiger partial charge in [0.1, 0.15) is 12.1 Å². The Morgan fingerprint density at radius 1 is 1.18 bits per heavy atom. The lowest BCUT2D eigenvalue weighted by molar-refractivity contribution is -0.137. The van der Waals surface area contributed by atoms with Crippen molar-refractivity contribution in [2.75, 3.05) is 16.4 Å².